The van der Waals surface area contributed by atoms with Gasteiger partial charge in [-0.25, -0.2) is 4.98 Å². The van der Waals surface area contributed by atoms with Gasteiger partial charge in [0.1, 0.15) is 5.52 Å². The van der Waals surface area contributed by atoms with E-state index in [1.807, 2.05) is 78.9 Å². The molecular formula is C26H22N6OS. The van der Waals surface area contributed by atoms with Crippen LogP contribution in [-0.2, 0) is 12.8 Å². The van der Waals surface area contributed by atoms with Crippen molar-refractivity contribution in [1.82, 2.24) is 15.2 Å². The molecule has 0 saturated heterocycles. The van der Waals surface area contributed by atoms with Crippen molar-refractivity contribution in [2.24, 2.45) is 0 Å². The van der Waals surface area contributed by atoms with Crippen LogP contribution in [0.2, 0.25) is 0 Å². The molecule has 4 N–H and O–H groups in total. The van der Waals surface area contributed by atoms with Crippen LogP contribution in [0.4, 0.5) is 17.2 Å². The van der Waals surface area contributed by atoms with Gasteiger partial charge in [0.25, 0.3) is 0 Å². The Morgan fingerprint density at radius 1 is 0.853 bits per heavy atom. The Morgan fingerprint density at radius 2 is 1.68 bits per heavy atom. The topological polar surface area (TPSA) is 102 Å². The molecule has 8 heteroatoms. The normalized spacial score (nSPS) is 10.8. The maximum atomic E-state index is 5.85. The van der Waals surface area contributed by atoms with Crippen LogP contribution in [-0.4, -0.2) is 20.3 Å². The van der Waals surface area contributed by atoms with E-state index in [4.69, 9.17) is 22.4 Å². The lowest BCUT2D eigenvalue weighted by molar-refractivity contribution is 0.528. The van der Waals surface area contributed by atoms with Crippen LogP contribution in [0, 0.1) is 0 Å². The second-order valence-corrected chi connectivity index (χ2v) is 8.15. The highest BCUT2D eigenvalue weighted by atomic mass is 32.1. The highest BCUT2D eigenvalue weighted by Crippen LogP contribution is 2.22. The number of nitrogens with zero attached hydrogens (tertiary/aromatic N) is 3. The van der Waals surface area contributed by atoms with Crippen molar-refractivity contribution in [1.29, 1.82) is 0 Å². The van der Waals surface area contributed by atoms with E-state index in [1.54, 1.807) is 0 Å². The minimum atomic E-state index is 0.437. The highest BCUT2D eigenvalue weighted by molar-refractivity contribution is 7.80. The fraction of sp³-hybridized carbons (Fsp3) is 0.0769. The van der Waals surface area contributed by atoms with Gasteiger partial charge in [-0.3, -0.25) is 0 Å². The zero-order chi connectivity index (χ0) is 23.3. The average Bonchev–Trinajstić information content (AvgIpc) is 3.26. The molecule has 0 atom stereocenters. The number of aromatic nitrogens is 3. The first kappa shape index (κ1) is 21.5. The smallest absolute Gasteiger partial charge is 0.195 e. The zero-order valence-corrected chi connectivity index (χ0v) is 19.0. The zero-order valence-electron chi connectivity index (χ0n) is 18.2. The quantitative estimate of drug-likeness (QED) is 0.224. The molecule has 7 nitrogen and oxygen atoms in total. The summed E-state index contributed by atoms with van der Waals surface area (Å²) in [5.74, 6) is 1.24. The molecule has 5 rings (SSSR count). The lowest BCUT2D eigenvalue weighted by Gasteiger charge is -2.13. The number of thiocarbonyl (C=S) groups is 1. The highest BCUT2D eigenvalue weighted by Gasteiger charge is 2.10. The molecule has 0 aliphatic rings. The van der Waals surface area contributed by atoms with Crippen LogP contribution in [0.3, 0.4) is 0 Å². The summed E-state index contributed by atoms with van der Waals surface area (Å²) >= 11 is 5.50. The summed E-state index contributed by atoms with van der Waals surface area (Å²) < 4.78 is 5.85. The second kappa shape index (κ2) is 9.68. The predicted octanol–water partition coefficient (Wildman–Crippen LogP) is 5.46. The number of hydrogen-bond acceptors (Lipinski definition) is 6. The molecule has 0 radical (unpaired) electrons. The van der Waals surface area contributed by atoms with Crippen molar-refractivity contribution in [3.63, 3.8) is 0 Å². The molecule has 0 bridgehead atoms. The summed E-state index contributed by atoms with van der Waals surface area (Å²) in [5.41, 5.74) is 11.8. The number of rotatable bonds is 6. The molecule has 0 unspecified atom stereocenters. The number of aryl methyl sites for hydroxylation is 2. The molecule has 0 spiro atoms. The lowest BCUT2D eigenvalue weighted by atomic mass is 10.1. The van der Waals surface area contributed by atoms with Gasteiger partial charge in [-0.15, -0.1) is 10.2 Å². The molecule has 5 aromatic rings. The van der Waals surface area contributed by atoms with Crippen LogP contribution < -0.4 is 16.4 Å². The lowest BCUT2D eigenvalue weighted by Crippen LogP contribution is -2.21. The summed E-state index contributed by atoms with van der Waals surface area (Å²) in [6, 6.07) is 27.1. The van der Waals surface area contributed by atoms with Gasteiger partial charge in [0, 0.05) is 23.4 Å². The van der Waals surface area contributed by atoms with Crippen molar-refractivity contribution in [3.8, 4) is 11.3 Å². The van der Waals surface area contributed by atoms with E-state index in [-0.39, 0.29) is 0 Å². The van der Waals surface area contributed by atoms with Gasteiger partial charge in [-0.2, -0.15) is 0 Å². The maximum Gasteiger partial charge on any atom is 0.195 e. The van der Waals surface area contributed by atoms with E-state index < -0.39 is 0 Å². The van der Waals surface area contributed by atoms with Crippen molar-refractivity contribution in [3.05, 3.63) is 96.4 Å². The monoisotopic (exact) mass is 466 g/mol. The first-order chi connectivity index (χ1) is 16.6. The third kappa shape index (κ3) is 5.02. The van der Waals surface area contributed by atoms with Crippen molar-refractivity contribution in [2.75, 3.05) is 16.4 Å². The minimum absolute atomic E-state index is 0.437. The number of hydrogen-bond donors (Lipinski definition) is 3. The van der Waals surface area contributed by atoms with Crippen LogP contribution in [0.5, 0.6) is 0 Å². The SMILES string of the molecule is Nc1ccc2oc(CCc3ccccc3NC(=S)Nc3ccc(-c4ccccc4)nn3)nc2c1. The molecule has 0 aliphatic carbocycles. The number of nitrogens with two attached hydrogens (primary N) is 1. The summed E-state index contributed by atoms with van der Waals surface area (Å²) in [6.07, 6.45) is 1.39. The van der Waals surface area contributed by atoms with Crippen LogP contribution in [0.1, 0.15) is 11.5 Å². The third-order valence-electron chi connectivity index (χ3n) is 5.31. The van der Waals surface area contributed by atoms with Gasteiger partial charge in [-0.05, 0) is 60.6 Å². The van der Waals surface area contributed by atoms with Crippen molar-refractivity contribution < 1.29 is 4.42 Å². The Morgan fingerprint density at radius 3 is 2.50 bits per heavy atom. The molecule has 3 aromatic carbocycles. The third-order valence-corrected chi connectivity index (χ3v) is 5.51. The molecule has 34 heavy (non-hydrogen) atoms. The average molecular weight is 467 g/mol. The summed E-state index contributed by atoms with van der Waals surface area (Å²) in [5, 5.41) is 15.3. The number of fused-ring (bicyclic) bond motifs is 1. The number of oxazole rings is 1. The van der Waals surface area contributed by atoms with E-state index in [0.29, 0.717) is 28.9 Å². The van der Waals surface area contributed by atoms with Gasteiger partial charge in [0.05, 0.1) is 5.69 Å². The summed E-state index contributed by atoms with van der Waals surface area (Å²) in [7, 11) is 0. The van der Waals surface area contributed by atoms with E-state index in [0.717, 1.165) is 40.0 Å². The van der Waals surface area contributed by atoms with E-state index in [9.17, 15) is 0 Å². The van der Waals surface area contributed by atoms with Gasteiger partial charge >= 0.3 is 0 Å². The first-order valence-electron chi connectivity index (χ1n) is 10.8. The van der Waals surface area contributed by atoms with Crippen LogP contribution in [0.25, 0.3) is 22.4 Å². The Bertz CT molecular complexity index is 1430. The Hall–Kier alpha value is -4.30. The Balaban J connectivity index is 1.22. The fourth-order valence-corrected chi connectivity index (χ4v) is 3.85. The number of benzene rings is 3. The number of nitrogen functional groups attached to an aromatic ring is 1. The predicted molar refractivity (Wildman–Crippen MR) is 140 cm³/mol. The molecule has 0 aliphatic heterocycles. The standard InChI is InChI=1S/C26H22N6OS/c27-19-11-13-23-22(16-19)28-25(33-23)15-10-18-8-4-5-9-20(18)29-26(34)30-24-14-12-21(31-32-24)17-6-2-1-3-7-17/h1-9,11-14,16H,10,15,27H2,(H2,29,30,32,34). The summed E-state index contributed by atoms with van der Waals surface area (Å²) in [4.78, 5) is 4.54. The van der Waals surface area contributed by atoms with Crippen LogP contribution in [0.15, 0.2) is 89.3 Å². The molecule has 2 heterocycles. The first-order valence-corrected chi connectivity index (χ1v) is 11.2. The number of anilines is 3. The van der Waals surface area contributed by atoms with Gasteiger partial charge in [-0.1, -0.05) is 48.5 Å². The van der Waals surface area contributed by atoms with Gasteiger partial charge < -0.3 is 20.8 Å². The molecule has 0 amide bonds. The molecule has 2 aromatic heterocycles. The van der Waals surface area contributed by atoms with Crippen molar-refractivity contribution >= 4 is 45.6 Å². The molecular weight excluding hydrogens is 444 g/mol. The van der Waals surface area contributed by atoms with Gasteiger partial charge in [0.15, 0.2) is 22.4 Å². The fourth-order valence-electron chi connectivity index (χ4n) is 3.63. The molecule has 0 fully saturated rings. The second-order valence-electron chi connectivity index (χ2n) is 7.74. The summed E-state index contributed by atoms with van der Waals surface area (Å²) in [6.45, 7) is 0. The Kier molecular flexibility index (Phi) is 6.13. The van der Waals surface area contributed by atoms with E-state index in [1.165, 1.54) is 0 Å². The van der Waals surface area contributed by atoms with E-state index in [2.05, 4.69) is 31.9 Å². The van der Waals surface area contributed by atoms with Crippen LogP contribution >= 0.6 is 12.2 Å². The van der Waals surface area contributed by atoms with Gasteiger partial charge in [0.2, 0.25) is 0 Å². The maximum absolute atomic E-state index is 5.85. The van der Waals surface area contributed by atoms with E-state index >= 15 is 0 Å². The molecule has 0 saturated carbocycles. The minimum Gasteiger partial charge on any atom is -0.441 e. The number of para-hydroxylation sites is 1. The largest absolute Gasteiger partial charge is 0.441 e. The molecule has 168 valence electrons. The number of nitrogens with one attached hydrogen (secondary N) is 2. The Labute approximate surface area is 202 Å². The van der Waals surface area contributed by atoms with Crippen molar-refractivity contribution in [2.45, 2.75) is 12.8 Å².